The average Bonchev–Trinajstić information content (AvgIpc) is 2.67. The number of urea groups is 1. The van der Waals surface area contributed by atoms with E-state index in [1.807, 2.05) is 29.2 Å². The zero-order chi connectivity index (χ0) is 19.9. The number of amides is 2. The first-order valence-corrected chi connectivity index (χ1v) is 10.6. The summed E-state index contributed by atoms with van der Waals surface area (Å²) in [4.78, 5) is 15.2. The van der Waals surface area contributed by atoms with Crippen LogP contribution in [0.5, 0.6) is 0 Å². The van der Waals surface area contributed by atoms with Crippen molar-refractivity contribution in [1.29, 1.82) is 0 Å². The van der Waals surface area contributed by atoms with Crippen LogP contribution < -0.4 is 5.32 Å². The van der Waals surface area contributed by atoms with Gasteiger partial charge in [0.15, 0.2) is 0 Å². The predicted molar refractivity (Wildman–Crippen MR) is 117 cm³/mol. The number of hydrogen-bond acceptors (Lipinski definition) is 1. The Morgan fingerprint density at radius 1 is 1.18 bits per heavy atom. The summed E-state index contributed by atoms with van der Waals surface area (Å²) in [5, 5.41) is 5.42. The molecule has 0 aliphatic heterocycles. The Bertz CT molecular complexity index is 906. The molecule has 0 aromatic heterocycles. The maximum Gasteiger partial charge on any atom is 0.322 e. The highest BCUT2D eigenvalue weighted by atomic mass is 16.2. The standard InChI is InChI=1S/C25H32N2O/c1-17(2)15-27(16-19-12-13-20-14-22(19)25(20,3)4)24(28)26-23-11-7-9-18-8-5-6-10-21(18)23/h5-12,17,20,22H,13-16H2,1-4H3,(H,26,28). The van der Waals surface area contributed by atoms with Gasteiger partial charge in [-0.3, -0.25) is 0 Å². The second kappa shape index (κ2) is 7.27. The number of fused-ring (bicyclic) bond motifs is 2. The molecule has 1 N–H and O–H groups in total. The third-order valence-corrected chi connectivity index (χ3v) is 6.86. The zero-order valence-electron chi connectivity index (χ0n) is 17.5. The van der Waals surface area contributed by atoms with Crippen LogP contribution in [0.15, 0.2) is 54.1 Å². The average molecular weight is 377 g/mol. The lowest BCUT2D eigenvalue weighted by Gasteiger charge is -2.57. The van der Waals surface area contributed by atoms with E-state index in [1.165, 1.54) is 18.4 Å². The molecular formula is C25H32N2O. The maximum absolute atomic E-state index is 13.2. The van der Waals surface area contributed by atoms with E-state index in [0.717, 1.165) is 35.5 Å². The molecule has 3 aliphatic rings. The summed E-state index contributed by atoms with van der Waals surface area (Å²) in [6.07, 6.45) is 4.86. The van der Waals surface area contributed by atoms with Crippen LogP contribution in [0.2, 0.25) is 0 Å². The van der Waals surface area contributed by atoms with Crippen LogP contribution in [0.3, 0.4) is 0 Å². The van der Waals surface area contributed by atoms with Crippen molar-refractivity contribution in [1.82, 2.24) is 4.90 Å². The van der Waals surface area contributed by atoms with Crippen molar-refractivity contribution in [2.45, 2.75) is 40.5 Å². The second-order valence-corrected chi connectivity index (χ2v) is 9.55. The Balaban J connectivity index is 1.54. The number of carbonyl (C=O) groups is 1. The van der Waals surface area contributed by atoms with E-state index in [9.17, 15) is 4.79 Å². The number of allylic oxidation sites excluding steroid dienone is 1. The molecule has 2 amide bonds. The Kier molecular flexibility index (Phi) is 4.95. The van der Waals surface area contributed by atoms with Crippen molar-refractivity contribution in [3.05, 3.63) is 54.1 Å². The molecule has 1 saturated carbocycles. The van der Waals surface area contributed by atoms with Gasteiger partial charge in [-0.1, -0.05) is 75.7 Å². The molecule has 2 aromatic rings. The third kappa shape index (κ3) is 3.43. The zero-order valence-corrected chi connectivity index (χ0v) is 17.5. The van der Waals surface area contributed by atoms with Gasteiger partial charge in [0, 0.05) is 18.5 Å². The number of nitrogens with zero attached hydrogens (tertiary/aromatic N) is 1. The molecule has 1 fully saturated rings. The van der Waals surface area contributed by atoms with E-state index in [1.54, 1.807) is 0 Å². The summed E-state index contributed by atoms with van der Waals surface area (Å²) in [5.74, 6) is 1.89. The number of carbonyl (C=O) groups excluding carboxylic acids is 1. The summed E-state index contributed by atoms with van der Waals surface area (Å²) >= 11 is 0. The van der Waals surface area contributed by atoms with Gasteiger partial charge in [0.25, 0.3) is 0 Å². The summed E-state index contributed by atoms with van der Waals surface area (Å²) in [6.45, 7) is 10.7. The van der Waals surface area contributed by atoms with E-state index in [0.29, 0.717) is 17.3 Å². The highest BCUT2D eigenvalue weighted by Crippen LogP contribution is 2.59. The van der Waals surface area contributed by atoms with Gasteiger partial charge in [-0.15, -0.1) is 0 Å². The lowest BCUT2D eigenvalue weighted by atomic mass is 9.49. The molecule has 2 aromatic carbocycles. The Labute approximate surface area is 168 Å². The second-order valence-electron chi connectivity index (χ2n) is 9.55. The van der Waals surface area contributed by atoms with Crippen molar-refractivity contribution in [2.75, 3.05) is 18.4 Å². The van der Waals surface area contributed by atoms with Crippen molar-refractivity contribution in [2.24, 2.45) is 23.2 Å². The summed E-state index contributed by atoms with van der Waals surface area (Å²) in [6, 6.07) is 14.3. The number of rotatable bonds is 5. The Morgan fingerprint density at radius 2 is 1.93 bits per heavy atom. The molecule has 0 saturated heterocycles. The summed E-state index contributed by atoms with van der Waals surface area (Å²) in [5.41, 5.74) is 2.74. The molecule has 3 aliphatic carbocycles. The van der Waals surface area contributed by atoms with Gasteiger partial charge < -0.3 is 10.2 Å². The van der Waals surface area contributed by atoms with Gasteiger partial charge in [-0.25, -0.2) is 4.79 Å². The molecule has 3 nitrogen and oxygen atoms in total. The van der Waals surface area contributed by atoms with Gasteiger partial charge in [-0.05, 0) is 47.5 Å². The van der Waals surface area contributed by atoms with Gasteiger partial charge in [0.1, 0.15) is 0 Å². The van der Waals surface area contributed by atoms with Crippen LogP contribution >= 0.6 is 0 Å². The third-order valence-electron chi connectivity index (χ3n) is 6.86. The first-order valence-electron chi connectivity index (χ1n) is 10.6. The predicted octanol–water partition coefficient (Wildman–Crippen LogP) is 6.32. The van der Waals surface area contributed by atoms with Crippen LogP contribution in [0, 0.1) is 23.2 Å². The molecule has 2 bridgehead atoms. The topological polar surface area (TPSA) is 32.3 Å². The van der Waals surface area contributed by atoms with Crippen LogP contribution in [-0.4, -0.2) is 24.0 Å². The number of benzene rings is 2. The minimum Gasteiger partial charge on any atom is -0.320 e. The summed E-state index contributed by atoms with van der Waals surface area (Å²) in [7, 11) is 0. The molecule has 148 valence electrons. The molecule has 3 heteroatoms. The van der Waals surface area contributed by atoms with Crippen molar-refractivity contribution >= 4 is 22.5 Å². The number of nitrogens with one attached hydrogen (secondary N) is 1. The lowest BCUT2D eigenvalue weighted by Crippen LogP contribution is -2.51. The molecule has 0 spiro atoms. The SMILES string of the molecule is CC(C)CN(CC1=CCC2CC1C2(C)C)C(=O)Nc1cccc2ccccc12. The molecule has 0 radical (unpaired) electrons. The van der Waals surface area contributed by atoms with Gasteiger partial charge in [0.05, 0.1) is 5.69 Å². The fraction of sp³-hybridized carbons (Fsp3) is 0.480. The Morgan fingerprint density at radius 3 is 2.64 bits per heavy atom. The molecular weight excluding hydrogens is 344 g/mol. The van der Waals surface area contributed by atoms with Crippen molar-refractivity contribution in [3.63, 3.8) is 0 Å². The molecule has 5 rings (SSSR count). The smallest absolute Gasteiger partial charge is 0.320 e. The van der Waals surface area contributed by atoms with E-state index in [2.05, 4.69) is 57.3 Å². The van der Waals surface area contributed by atoms with Crippen molar-refractivity contribution in [3.8, 4) is 0 Å². The lowest BCUT2D eigenvalue weighted by molar-refractivity contribution is -0.00968. The normalized spacial score (nSPS) is 22.5. The fourth-order valence-corrected chi connectivity index (χ4v) is 5.06. The first-order chi connectivity index (χ1) is 13.4. The van der Waals surface area contributed by atoms with Crippen LogP contribution in [0.4, 0.5) is 10.5 Å². The van der Waals surface area contributed by atoms with Crippen molar-refractivity contribution < 1.29 is 4.79 Å². The molecule has 0 heterocycles. The van der Waals surface area contributed by atoms with Gasteiger partial charge in [0.2, 0.25) is 0 Å². The fourth-order valence-electron chi connectivity index (χ4n) is 5.06. The van der Waals surface area contributed by atoms with Crippen LogP contribution in [-0.2, 0) is 0 Å². The summed E-state index contributed by atoms with van der Waals surface area (Å²) < 4.78 is 0. The van der Waals surface area contributed by atoms with Gasteiger partial charge >= 0.3 is 6.03 Å². The van der Waals surface area contributed by atoms with E-state index in [-0.39, 0.29) is 6.03 Å². The van der Waals surface area contributed by atoms with E-state index in [4.69, 9.17) is 0 Å². The highest BCUT2D eigenvalue weighted by molar-refractivity contribution is 6.01. The van der Waals surface area contributed by atoms with E-state index >= 15 is 0 Å². The monoisotopic (exact) mass is 376 g/mol. The number of anilines is 1. The largest absolute Gasteiger partial charge is 0.322 e. The molecule has 2 atom stereocenters. The number of hydrogen-bond donors (Lipinski definition) is 1. The van der Waals surface area contributed by atoms with Crippen LogP contribution in [0.1, 0.15) is 40.5 Å². The minimum absolute atomic E-state index is 0.00482. The molecule has 2 unspecified atom stereocenters. The molecule has 28 heavy (non-hydrogen) atoms. The highest BCUT2D eigenvalue weighted by Gasteiger charge is 2.51. The first kappa shape index (κ1) is 19.0. The Hall–Kier alpha value is -2.29. The maximum atomic E-state index is 13.2. The van der Waals surface area contributed by atoms with Crippen LogP contribution in [0.25, 0.3) is 10.8 Å². The van der Waals surface area contributed by atoms with Gasteiger partial charge in [-0.2, -0.15) is 0 Å². The quantitative estimate of drug-likeness (QED) is 0.608. The van der Waals surface area contributed by atoms with E-state index < -0.39 is 0 Å². The minimum atomic E-state index is 0.00482.